The quantitative estimate of drug-likeness (QED) is 0.783. The van der Waals surface area contributed by atoms with Crippen LogP contribution in [0.3, 0.4) is 0 Å². The minimum atomic E-state index is 0.570. The molecule has 0 aliphatic heterocycles. The first-order valence-electron chi connectivity index (χ1n) is 6.44. The largest absolute Gasteiger partial charge is 0.438 e. The number of nitrogens with zero attached hydrogens (tertiary/aromatic N) is 2. The van der Waals surface area contributed by atoms with Gasteiger partial charge in [0, 0.05) is 12.4 Å². The molecule has 0 saturated heterocycles. The van der Waals surface area contributed by atoms with Gasteiger partial charge >= 0.3 is 0 Å². The molecule has 20 heavy (non-hydrogen) atoms. The molecule has 1 aromatic heterocycles. The molecule has 0 atom stereocenters. The summed E-state index contributed by atoms with van der Waals surface area (Å²) < 4.78 is 5.97. The summed E-state index contributed by atoms with van der Waals surface area (Å²) in [4.78, 5) is 8.37. The molecular formula is C16H15N3O. The summed E-state index contributed by atoms with van der Waals surface area (Å²) in [6.07, 6.45) is 1.50. The van der Waals surface area contributed by atoms with E-state index in [-0.39, 0.29) is 0 Å². The van der Waals surface area contributed by atoms with Crippen LogP contribution in [0, 0.1) is 6.92 Å². The second-order valence-corrected chi connectivity index (χ2v) is 4.48. The number of benzene rings is 2. The van der Waals surface area contributed by atoms with E-state index >= 15 is 0 Å². The molecule has 0 aliphatic rings. The van der Waals surface area contributed by atoms with Gasteiger partial charge in [-0.2, -0.15) is 0 Å². The van der Waals surface area contributed by atoms with E-state index in [1.165, 1.54) is 6.33 Å². The van der Waals surface area contributed by atoms with Crippen molar-refractivity contribution in [2.75, 3.05) is 12.4 Å². The lowest BCUT2D eigenvalue weighted by Gasteiger charge is -2.11. The Morgan fingerprint density at radius 1 is 1.00 bits per heavy atom. The van der Waals surface area contributed by atoms with Gasteiger partial charge in [0.05, 0.1) is 5.56 Å². The Labute approximate surface area is 117 Å². The van der Waals surface area contributed by atoms with Gasteiger partial charge in [0.15, 0.2) is 0 Å². The topological polar surface area (TPSA) is 47.0 Å². The number of anilines is 1. The maximum atomic E-state index is 5.97. The molecule has 0 spiro atoms. The van der Waals surface area contributed by atoms with Crippen LogP contribution < -0.4 is 10.1 Å². The summed E-state index contributed by atoms with van der Waals surface area (Å²) in [7, 11) is 1.83. The number of hydrogen-bond donors (Lipinski definition) is 1. The molecule has 2 aromatic carbocycles. The molecule has 0 radical (unpaired) electrons. The number of nitrogens with one attached hydrogen (secondary N) is 1. The zero-order valence-corrected chi connectivity index (χ0v) is 11.4. The molecule has 0 unspecified atom stereocenters. The Kier molecular flexibility index (Phi) is 3.21. The molecule has 3 aromatic rings. The van der Waals surface area contributed by atoms with Crippen molar-refractivity contribution in [1.82, 2.24) is 9.97 Å². The number of fused-ring (bicyclic) bond motifs is 1. The van der Waals surface area contributed by atoms with E-state index in [0.717, 1.165) is 27.9 Å². The second-order valence-electron chi connectivity index (χ2n) is 4.48. The Morgan fingerprint density at radius 3 is 2.65 bits per heavy atom. The van der Waals surface area contributed by atoms with Crippen molar-refractivity contribution < 1.29 is 4.74 Å². The fourth-order valence-corrected chi connectivity index (χ4v) is 2.18. The Morgan fingerprint density at radius 2 is 1.80 bits per heavy atom. The van der Waals surface area contributed by atoms with Crippen LogP contribution in [-0.4, -0.2) is 17.0 Å². The lowest BCUT2D eigenvalue weighted by Crippen LogP contribution is -2.00. The van der Waals surface area contributed by atoms with Gasteiger partial charge in [-0.15, -0.1) is 0 Å². The zero-order chi connectivity index (χ0) is 13.9. The van der Waals surface area contributed by atoms with Crippen LogP contribution in [0.25, 0.3) is 10.8 Å². The van der Waals surface area contributed by atoms with E-state index in [1.807, 2.05) is 44.3 Å². The predicted octanol–water partition coefficient (Wildman–Crippen LogP) is 3.77. The molecule has 0 fully saturated rings. The summed E-state index contributed by atoms with van der Waals surface area (Å²) in [5.74, 6) is 2.14. The van der Waals surface area contributed by atoms with Crippen LogP contribution in [-0.2, 0) is 0 Å². The average Bonchev–Trinajstić information content (AvgIpc) is 2.50. The predicted molar refractivity (Wildman–Crippen MR) is 80.3 cm³/mol. The molecule has 4 heteroatoms. The smallest absolute Gasteiger partial charge is 0.227 e. The minimum absolute atomic E-state index is 0.570. The monoisotopic (exact) mass is 265 g/mol. The highest BCUT2D eigenvalue weighted by molar-refractivity contribution is 5.88. The SMILES string of the molecule is CNc1ncnc(Oc2cccc3ccccc23)c1C. The van der Waals surface area contributed by atoms with E-state index in [2.05, 4.69) is 27.4 Å². The summed E-state index contributed by atoms with van der Waals surface area (Å²) in [6.45, 7) is 1.94. The van der Waals surface area contributed by atoms with Crippen molar-refractivity contribution in [3.8, 4) is 11.6 Å². The number of rotatable bonds is 3. The van der Waals surface area contributed by atoms with E-state index in [9.17, 15) is 0 Å². The molecule has 4 nitrogen and oxygen atoms in total. The van der Waals surface area contributed by atoms with Crippen LogP contribution >= 0.6 is 0 Å². The van der Waals surface area contributed by atoms with Gasteiger partial charge in [0.25, 0.3) is 0 Å². The first kappa shape index (κ1) is 12.4. The highest BCUT2D eigenvalue weighted by Crippen LogP contribution is 2.31. The lowest BCUT2D eigenvalue weighted by molar-refractivity contribution is 0.463. The van der Waals surface area contributed by atoms with Crippen molar-refractivity contribution >= 4 is 16.6 Å². The zero-order valence-electron chi connectivity index (χ0n) is 11.4. The number of hydrogen-bond acceptors (Lipinski definition) is 4. The number of ether oxygens (including phenoxy) is 1. The molecule has 0 aliphatic carbocycles. The summed E-state index contributed by atoms with van der Waals surface area (Å²) in [5.41, 5.74) is 0.892. The van der Waals surface area contributed by atoms with Crippen molar-refractivity contribution in [3.05, 3.63) is 54.4 Å². The standard InChI is InChI=1S/C16H15N3O/c1-11-15(17-2)18-10-19-16(11)20-14-9-5-7-12-6-3-4-8-13(12)14/h3-10H,1-2H3,(H,17,18,19). The molecule has 1 heterocycles. The third-order valence-electron chi connectivity index (χ3n) is 3.23. The number of aromatic nitrogens is 2. The highest BCUT2D eigenvalue weighted by Gasteiger charge is 2.09. The van der Waals surface area contributed by atoms with E-state index < -0.39 is 0 Å². The van der Waals surface area contributed by atoms with Crippen LogP contribution in [0.4, 0.5) is 5.82 Å². The van der Waals surface area contributed by atoms with Gasteiger partial charge in [0.2, 0.25) is 5.88 Å². The lowest BCUT2D eigenvalue weighted by atomic mass is 10.1. The van der Waals surface area contributed by atoms with Crippen LogP contribution in [0.15, 0.2) is 48.8 Å². The van der Waals surface area contributed by atoms with Gasteiger partial charge in [-0.1, -0.05) is 36.4 Å². The fraction of sp³-hybridized carbons (Fsp3) is 0.125. The van der Waals surface area contributed by atoms with Crippen LogP contribution in [0.1, 0.15) is 5.56 Å². The second kappa shape index (κ2) is 5.17. The normalized spacial score (nSPS) is 10.5. The maximum absolute atomic E-state index is 5.97. The molecule has 0 bridgehead atoms. The first-order chi connectivity index (χ1) is 9.79. The molecular weight excluding hydrogens is 250 g/mol. The first-order valence-corrected chi connectivity index (χ1v) is 6.44. The molecule has 3 rings (SSSR count). The van der Waals surface area contributed by atoms with Crippen LogP contribution in [0.5, 0.6) is 11.6 Å². The van der Waals surface area contributed by atoms with Crippen molar-refractivity contribution in [1.29, 1.82) is 0 Å². The van der Waals surface area contributed by atoms with E-state index in [0.29, 0.717) is 5.88 Å². The Balaban J connectivity index is 2.06. The summed E-state index contributed by atoms with van der Waals surface area (Å²) >= 11 is 0. The van der Waals surface area contributed by atoms with Gasteiger partial charge in [-0.3, -0.25) is 0 Å². The maximum Gasteiger partial charge on any atom is 0.227 e. The Bertz CT molecular complexity index is 750. The van der Waals surface area contributed by atoms with Crippen molar-refractivity contribution in [2.24, 2.45) is 0 Å². The van der Waals surface area contributed by atoms with Gasteiger partial charge in [0.1, 0.15) is 17.9 Å². The van der Waals surface area contributed by atoms with Crippen LogP contribution in [0.2, 0.25) is 0 Å². The van der Waals surface area contributed by atoms with Gasteiger partial charge < -0.3 is 10.1 Å². The van der Waals surface area contributed by atoms with E-state index in [1.54, 1.807) is 0 Å². The van der Waals surface area contributed by atoms with Crippen molar-refractivity contribution in [2.45, 2.75) is 6.92 Å². The van der Waals surface area contributed by atoms with Crippen molar-refractivity contribution in [3.63, 3.8) is 0 Å². The van der Waals surface area contributed by atoms with Gasteiger partial charge in [-0.05, 0) is 18.4 Å². The Hall–Kier alpha value is -2.62. The van der Waals surface area contributed by atoms with Gasteiger partial charge in [-0.25, -0.2) is 9.97 Å². The molecule has 0 amide bonds. The molecule has 100 valence electrons. The third-order valence-corrected chi connectivity index (χ3v) is 3.23. The summed E-state index contributed by atoms with van der Waals surface area (Å²) in [5, 5.41) is 5.24. The fourth-order valence-electron chi connectivity index (χ4n) is 2.18. The average molecular weight is 265 g/mol. The highest BCUT2D eigenvalue weighted by atomic mass is 16.5. The third kappa shape index (κ3) is 2.16. The molecule has 0 saturated carbocycles. The van der Waals surface area contributed by atoms with E-state index in [4.69, 9.17) is 4.74 Å². The molecule has 1 N–H and O–H groups in total. The summed E-state index contributed by atoms with van der Waals surface area (Å²) in [6, 6.07) is 14.1. The minimum Gasteiger partial charge on any atom is -0.438 e.